The average Bonchev–Trinajstić information content (AvgIpc) is 2.28. The summed E-state index contributed by atoms with van der Waals surface area (Å²) in [6.07, 6.45) is 4.17. The first-order valence-electron chi connectivity index (χ1n) is 4.86. The summed E-state index contributed by atoms with van der Waals surface area (Å²) in [7, 11) is 4.71. The van der Waals surface area contributed by atoms with E-state index in [1.807, 2.05) is 0 Å². The molecule has 0 spiro atoms. The molecule has 11 heavy (non-hydrogen) atoms. The van der Waals surface area contributed by atoms with Gasteiger partial charge in [0.25, 0.3) is 0 Å². The van der Waals surface area contributed by atoms with Crippen molar-refractivity contribution < 1.29 is 4.48 Å². The van der Waals surface area contributed by atoms with E-state index in [0.29, 0.717) is 5.41 Å². The average molecular weight is 156 g/mol. The van der Waals surface area contributed by atoms with Gasteiger partial charge in [0, 0.05) is 11.8 Å². The number of quaternary nitrogens is 1. The molecule has 0 unspecified atom stereocenters. The lowest BCUT2D eigenvalue weighted by Gasteiger charge is -2.28. The summed E-state index contributed by atoms with van der Waals surface area (Å²) in [6.45, 7) is 7.45. The Bertz CT molecular complexity index is 134. The van der Waals surface area contributed by atoms with Crippen LogP contribution in [0.15, 0.2) is 0 Å². The molecule has 0 aromatic carbocycles. The van der Waals surface area contributed by atoms with Crippen LogP contribution in [0.3, 0.4) is 0 Å². The normalized spacial score (nSPS) is 27.3. The second kappa shape index (κ2) is 2.78. The van der Waals surface area contributed by atoms with Crippen LogP contribution in [-0.4, -0.2) is 31.7 Å². The largest absolute Gasteiger partial charge is 0.328 e. The number of hydrogen-bond acceptors (Lipinski definition) is 0. The van der Waals surface area contributed by atoms with Crippen molar-refractivity contribution in [3.05, 3.63) is 0 Å². The van der Waals surface area contributed by atoms with Crippen LogP contribution in [0, 0.1) is 5.41 Å². The lowest BCUT2D eigenvalue weighted by atomic mass is 9.82. The van der Waals surface area contributed by atoms with E-state index in [0.717, 1.165) is 0 Å². The molecule has 66 valence electrons. The molecule has 0 aliphatic carbocycles. The van der Waals surface area contributed by atoms with E-state index >= 15 is 0 Å². The molecule has 0 aromatic rings. The Morgan fingerprint density at radius 2 is 1.73 bits per heavy atom. The quantitative estimate of drug-likeness (QED) is 0.538. The van der Waals surface area contributed by atoms with Crippen LogP contribution in [0.1, 0.15) is 33.1 Å². The van der Waals surface area contributed by atoms with Crippen molar-refractivity contribution in [1.82, 2.24) is 0 Å². The van der Waals surface area contributed by atoms with E-state index in [-0.39, 0.29) is 0 Å². The lowest BCUT2D eigenvalue weighted by Crippen LogP contribution is -2.38. The van der Waals surface area contributed by atoms with Crippen molar-refractivity contribution in [3.8, 4) is 0 Å². The number of nitrogens with zero attached hydrogens (tertiary/aromatic N) is 1. The summed E-state index contributed by atoms with van der Waals surface area (Å²) in [4.78, 5) is 0. The molecule has 1 nitrogen and oxygen atoms in total. The molecular formula is C10H22N+. The summed E-state index contributed by atoms with van der Waals surface area (Å²) in [5.74, 6) is 0. The Morgan fingerprint density at radius 1 is 1.18 bits per heavy atom. The predicted molar refractivity (Wildman–Crippen MR) is 49.5 cm³/mol. The molecule has 1 aliphatic heterocycles. The highest BCUT2D eigenvalue weighted by molar-refractivity contribution is 4.80. The minimum Gasteiger partial charge on any atom is -0.328 e. The Morgan fingerprint density at radius 3 is 1.91 bits per heavy atom. The number of rotatable bonds is 2. The molecule has 0 radical (unpaired) electrons. The topological polar surface area (TPSA) is 0 Å². The third-order valence-corrected chi connectivity index (χ3v) is 3.51. The first kappa shape index (κ1) is 9.05. The molecule has 1 heterocycles. The predicted octanol–water partition coefficient (Wildman–Crippen LogP) is 2.27. The third kappa shape index (κ3) is 1.76. The summed E-state index contributed by atoms with van der Waals surface area (Å²) in [5, 5.41) is 0. The second-order valence-corrected chi connectivity index (χ2v) is 4.77. The number of hydrogen-bond donors (Lipinski definition) is 0. The lowest BCUT2D eigenvalue weighted by molar-refractivity contribution is -0.881. The van der Waals surface area contributed by atoms with Gasteiger partial charge in [-0.05, 0) is 12.8 Å². The highest BCUT2D eigenvalue weighted by Crippen LogP contribution is 2.38. The van der Waals surface area contributed by atoms with Gasteiger partial charge in [0.2, 0.25) is 0 Å². The van der Waals surface area contributed by atoms with Crippen LogP contribution in [0.5, 0.6) is 0 Å². The minimum atomic E-state index is 0.684. The van der Waals surface area contributed by atoms with Crippen molar-refractivity contribution in [2.24, 2.45) is 5.41 Å². The van der Waals surface area contributed by atoms with Gasteiger partial charge in [-0.15, -0.1) is 0 Å². The molecule has 1 heteroatoms. The van der Waals surface area contributed by atoms with Crippen LogP contribution < -0.4 is 0 Å². The Balaban J connectivity index is 2.62. The van der Waals surface area contributed by atoms with Crippen molar-refractivity contribution >= 4 is 0 Å². The monoisotopic (exact) mass is 156 g/mol. The molecule has 1 rings (SSSR count). The van der Waals surface area contributed by atoms with Crippen LogP contribution in [0.25, 0.3) is 0 Å². The molecule has 1 fully saturated rings. The zero-order valence-electron chi connectivity index (χ0n) is 8.48. The van der Waals surface area contributed by atoms with E-state index in [2.05, 4.69) is 27.9 Å². The second-order valence-electron chi connectivity index (χ2n) is 4.77. The molecule has 1 saturated heterocycles. The molecule has 0 aromatic heterocycles. The van der Waals surface area contributed by atoms with Gasteiger partial charge in [0.1, 0.15) is 0 Å². The van der Waals surface area contributed by atoms with Crippen LogP contribution in [0.4, 0.5) is 0 Å². The van der Waals surface area contributed by atoms with Gasteiger partial charge in [-0.1, -0.05) is 13.8 Å². The maximum absolute atomic E-state index is 2.35. The summed E-state index contributed by atoms with van der Waals surface area (Å²) < 4.78 is 1.24. The number of likely N-dealkylation sites (tertiary alicyclic amines) is 1. The van der Waals surface area contributed by atoms with Crippen molar-refractivity contribution in [2.45, 2.75) is 33.1 Å². The van der Waals surface area contributed by atoms with Crippen molar-refractivity contribution in [1.29, 1.82) is 0 Å². The highest BCUT2D eigenvalue weighted by Gasteiger charge is 2.41. The van der Waals surface area contributed by atoms with Crippen molar-refractivity contribution in [3.63, 3.8) is 0 Å². The fourth-order valence-electron chi connectivity index (χ4n) is 2.43. The van der Waals surface area contributed by atoms with Crippen LogP contribution in [0.2, 0.25) is 0 Å². The fraction of sp³-hybridized carbons (Fsp3) is 1.00. The third-order valence-electron chi connectivity index (χ3n) is 3.51. The van der Waals surface area contributed by atoms with Gasteiger partial charge in [0.15, 0.2) is 0 Å². The summed E-state index contributed by atoms with van der Waals surface area (Å²) in [5.41, 5.74) is 0.684. The molecule has 0 amide bonds. The Hall–Kier alpha value is -0.0400. The van der Waals surface area contributed by atoms with Crippen molar-refractivity contribution in [2.75, 3.05) is 27.2 Å². The fourth-order valence-corrected chi connectivity index (χ4v) is 2.43. The SMILES string of the molecule is CCC1(CC)CC[N+](C)(C)C1. The maximum Gasteiger partial charge on any atom is 0.0841 e. The molecule has 1 aliphatic rings. The summed E-state index contributed by atoms with van der Waals surface area (Å²) in [6, 6.07) is 0. The first-order valence-corrected chi connectivity index (χ1v) is 4.86. The van der Waals surface area contributed by atoms with E-state index < -0.39 is 0 Å². The van der Waals surface area contributed by atoms with E-state index in [1.165, 1.54) is 36.8 Å². The van der Waals surface area contributed by atoms with E-state index in [9.17, 15) is 0 Å². The van der Waals surface area contributed by atoms with Gasteiger partial charge in [0.05, 0.1) is 27.2 Å². The highest BCUT2D eigenvalue weighted by atomic mass is 15.3. The molecular weight excluding hydrogens is 134 g/mol. The van der Waals surface area contributed by atoms with E-state index in [4.69, 9.17) is 0 Å². The summed E-state index contributed by atoms with van der Waals surface area (Å²) >= 11 is 0. The van der Waals surface area contributed by atoms with Gasteiger partial charge in [-0.2, -0.15) is 0 Å². The maximum atomic E-state index is 2.35. The molecule has 0 bridgehead atoms. The van der Waals surface area contributed by atoms with Gasteiger partial charge in [-0.3, -0.25) is 0 Å². The zero-order chi connectivity index (χ0) is 8.54. The molecule has 0 N–H and O–H groups in total. The van der Waals surface area contributed by atoms with Crippen LogP contribution >= 0.6 is 0 Å². The van der Waals surface area contributed by atoms with Gasteiger partial charge in [-0.25, -0.2) is 0 Å². The van der Waals surface area contributed by atoms with E-state index in [1.54, 1.807) is 0 Å². The van der Waals surface area contributed by atoms with Gasteiger partial charge < -0.3 is 4.48 Å². The first-order chi connectivity index (χ1) is 5.04. The Labute approximate surface area is 71.0 Å². The standard InChI is InChI=1S/C10H22N/c1-5-10(6-2)7-8-11(3,4)9-10/h5-9H2,1-4H3/q+1. The smallest absolute Gasteiger partial charge is 0.0841 e. The van der Waals surface area contributed by atoms with Gasteiger partial charge >= 0.3 is 0 Å². The minimum absolute atomic E-state index is 0.684. The Kier molecular flexibility index (Phi) is 2.29. The zero-order valence-corrected chi connectivity index (χ0v) is 8.48. The molecule has 0 atom stereocenters. The molecule has 0 saturated carbocycles. The van der Waals surface area contributed by atoms with Crippen LogP contribution in [-0.2, 0) is 0 Å².